The Bertz CT molecular complexity index is 200. The first kappa shape index (κ1) is 8.40. The molecule has 0 aliphatic carbocycles. The Labute approximate surface area is 69.6 Å². The Morgan fingerprint density at radius 3 is 2.50 bits per heavy atom. The van der Waals surface area contributed by atoms with Gasteiger partial charge in [0.25, 0.3) is 0 Å². The van der Waals surface area contributed by atoms with E-state index in [-0.39, 0.29) is 6.04 Å². The summed E-state index contributed by atoms with van der Waals surface area (Å²) < 4.78 is 0. The van der Waals surface area contributed by atoms with E-state index >= 15 is 0 Å². The molecule has 2 bridgehead atoms. The SMILES string of the molecule is O[C@@H]1[C@@H](O)[C@@]2(O)CCC(N2)[C@@H]1O. The van der Waals surface area contributed by atoms with Crippen LogP contribution in [-0.2, 0) is 0 Å². The molecule has 12 heavy (non-hydrogen) atoms. The molecular formula is C7H13NO4. The minimum absolute atomic E-state index is 0.298. The summed E-state index contributed by atoms with van der Waals surface area (Å²) in [4.78, 5) is 0. The highest BCUT2D eigenvalue weighted by atomic mass is 16.4. The molecule has 0 amide bonds. The van der Waals surface area contributed by atoms with Crippen molar-refractivity contribution in [2.75, 3.05) is 0 Å². The number of fused-ring (bicyclic) bond motifs is 2. The fourth-order valence-electron chi connectivity index (χ4n) is 2.04. The van der Waals surface area contributed by atoms with Gasteiger partial charge in [-0.05, 0) is 12.8 Å². The fourth-order valence-corrected chi connectivity index (χ4v) is 2.04. The number of aliphatic hydroxyl groups is 4. The summed E-state index contributed by atoms with van der Waals surface area (Å²) in [5.74, 6) is 0. The minimum atomic E-state index is -1.40. The van der Waals surface area contributed by atoms with E-state index < -0.39 is 24.0 Å². The van der Waals surface area contributed by atoms with Gasteiger partial charge in [0.2, 0.25) is 0 Å². The second-order valence-corrected chi connectivity index (χ2v) is 3.64. The van der Waals surface area contributed by atoms with E-state index in [0.717, 1.165) is 0 Å². The van der Waals surface area contributed by atoms with E-state index in [1.165, 1.54) is 0 Å². The van der Waals surface area contributed by atoms with Crippen molar-refractivity contribution >= 4 is 0 Å². The zero-order chi connectivity index (χ0) is 8.93. The van der Waals surface area contributed by atoms with Crippen molar-refractivity contribution in [3.05, 3.63) is 0 Å². The van der Waals surface area contributed by atoms with Crippen LogP contribution in [0.15, 0.2) is 0 Å². The zero-order valence-corrected chi connectivity index (χ0v) is 6.51. The van der Waals surface area contributed by atoms with Crippen LogP contribution in [0.1, 0.15) is 12.8 Å². The van der Waals surface area contributed by atoms with Crippen molar-refractivity contribution in [2.24, 2.45) is 0 Å². The van der Waals surface area contributed by atoms with Gasteiger partial charge in [-0.3, -0.25) is 5.32 Å². The number of hydrogen-bond acceptors (Lipinski definition) is 5. The van der Waals surface area contributed by atoms with Gasteiger partial charge in [-0.2, -0.15) is 0 Å². The molecule has 0 spiro atoms. The van der Waals surface area contributed by atoms with Gasteiger partial charge >= 0.3 is 0 Å². The van der Waals surface area contributed by atoms with Crippen molar-refractivity contribution in [2.45, 2.75) is 42.9 Å². The minimum Gasteiger partial charge on any atom is -0.389 e. The average molecular weight is 175 g/mol. The highest BCUT2D eigenvalue weighted by Gasteiger charge is 2.55. The third-order valence-corrected chi connectivity index (χ3v) is 2.85. The second-order valence-electron chi connectivity index (χ2n) is 3.64. The van der Waals surface area contributed by atoms with Crippen molar-refractivity contribution in [3.8, 4) is 0 Å². The van der Waals surface area contributed by atoms with Crippen LogP contribution in [-0.4, -0.2) is 50.5 Å². The molecule has 5 N–H and O–H groups in total. The van der Waals surface area contributed by atoms with Gasteiger partial charge in [-0.1, -0.05) is 0 Å². The molecule has 70 valence electrons. The molecule has 1 unspecified atom stereocenters. The quantitative estimate of drug-likeness (QED) is 0.281. The summed E-state index contributed by atoms with van der Waals surface area (Å²) in [6.07, 6.45) is -2.59. The topological polar surface area (TPSA) is 93.0 Å². The van der Waals surface area contributed by atoms with Crippen LogP contribution in [0.2, 0.25) is 0 Å². The van der Waals surface area contributed by atoms with Crippen molar-refractivity contribution in [1.29, 1.82) is 0 Å². The standard InChI is InChI=1S/C7H13NO4/c9-4-3-1-2-7(12,8-3)6(11)5(4)10/h3-6,8-12H,1-2H2/t3?,4-,5-,6+,7-/m0/s1. The van der Waals surface area contributed by atoms with Gasteiger partial charge in [-0.25, -0.2) is 0 Å². The maximum absolute atomic E-state index is 9.65. The lowest BCUT2D eigenvalue weighted by Gasteiger charge is -2.40. The molecule has 0 radical (unpaired) electrons. The van der Waals surface area contributed by atoms with Crippen LogP contribution in [0.25, 0.3) is 0 Å². The predicted octanol–water partition coefficient (Wildman–Crippen LogP) is -2.48. The summed E-state index contributed by atoms with van der Waals surface area (Å²) in [6.45, 7) is 0. The van der Waals surface area contributed by atoms with Gasteiger partial charge in [0.05, 0.1) is 6.10 Å². The first-order valence-corrected chi connectivity index (χ1v) is 4.09. The maximum atomic E-state index is 9.65. The normalized spacial score (nSPS) is 59.0. The number of nitrogens with one attached hydrogen (secondary N) is 1. The van der Waals surface area contributed by atoms with Crippen molar-refractivity contribution < 1.29 is 20.4 Å². The lowest BCUT2D eigenvalue weighted by molar-refractivity contribution is -0.186. The average Bonchev–Trinajstić information content (AvgIpc) is 2.41. The monoisotopic (exact) mass is 175 g/mol. The summed E-state index contributed by atoms with van der Waals surface area (Å²) in [5, 5.41) is 40.4. The molecule has 0 saturated carbocycles. The van der Waals surface area contributed by atoms with Crippen LogP contribution in [0.3, 0.4) is 0 Å². The van der Waals surface area contributed by atoms with Crippen LogP contribution in [0, 0.1) is 0 Å². The zero-order valence-electron chi connectivity index (χ0n) is 6.51. The Hall–Kier alpha value is -0.200. The van der Waals surface area contributed by atoms with Crippen LogP contribution in [0.4, 0.5) is 0 Å². The third kappa shape index (κ3) is 0.915. The first-order chi connectivity index (χ1) is 5.54. The molecule has 5 nitrogen and oxygen atoms in total. The van der Waals surface area contributed by atoms with Crippen LogP contribution >= 0.6 is 0 Å². The Kier molecular flexibility index (Phi) is 1.68. The van der Waals surface area contributed by atoms with Gasteiger partial charge in [0.1, 0.15) is 17.9 Å². The van der Waals surface area contributed by atoms with Gasteiger partial charge < -0.3 is 20.4 Å². The lowest BCUT2D eigenvalue weighted by Crippen LogP contribution is -2.67. The maximum Gasteiger partial charge on any atom is 0.145 e. The molecule has 2 saturated heterocycles. The van der Waals surface area contributed by atoms with Crippen molar-refractivity contribution in [3.63, 3.8) is 0 Å². The molecule has 0 aromatic rings. The molecule has 2 aliphatic heterocycles. The second kappa shape index (κ2) is 2.40. The molecule has 5 atom stereocenters. The first-order valence-electron chi connectivity index (χ1n) is 4.09. The number of hydrogen-bond donors (Lipinski definition) is 5. The van der Waals surface area contributed by atoms with E-state index in [2.05, 4.69) is 5.32 Å². The smallest absolute Gasteiger partial charge is 0.145 e. The van der Waals surface area contributed by atoms with E-state index in [1.807, 2.05) is 0 Å². The largest absolute Gasteiger partial charge is 0.389 e. The highest BCUT2D eigenvalue weighted by Crippen LogP contribution is 2.34. The summed E-state index contributed by atoms with van der Waals surface area (Å²) in [7, 11) is 0. The van der Waals surface area contributed by atoms with Gasteiger partial charge in [0.15, 0.2) is 0 Å². The predicted molar refractivity (Wildman–Crippen MR) is 39.1 cm³/mol. The molecular weight excluding hydrogens is 162 g/mol. The Morgan fingerprint density at radius 1 is 1.17 bits per heavy atom. The number of aliphatic hydroxyl groups excluding tert-OH is 3. The Balaban J connectivity index is 2.25. The van der Waals surface area contributed by atoms with E-state index in [4.69, 9.17) is 0 Å². The van der Waals surface area contributed by atoms with Gasteiger partial charge in [-0.15, -0.1) is 0 Å². The van der Waals surface area contributed by atoms with E-state index in [0.29, 0.717) is 12.8 Å². The van der Waals surface area contributed by atoms with E-state index in [1.54, 1.807) is 0 Å². The highest BCUT2D eigenvalue weighted by molar-refractivity contribution is 5.07. The summed E-state index contributed by atoms with van der Waals surface area (Å²) in [5.41, 5.74) is -1.40. The van der Waals surface area contributed by atoms with Crippen LogP contribution < -0.4 is 5.32 Å². The van der Waals surface area contributed by atoms with E-state index in [9.17, 15) is 20.4 Å². The Morgan fingerprint density at radius 2 is 1.83 bits per heavy atom. The molecule has 2 fully saturated rings. The molecule has 2 aliphatic rings. The fraction of sp³-hybridized carbons (Fsp3) is 1.00. The molecule has 0 aromatic heterocycles. The molecule has 2 heterocycles. The molecule has 2 rings (SSSR count). The summed E-state index contributed by atoms with van der Waals surface area (Å²) >= 11 is 0. The number of rotatable bonds is 0. The molecule has 0 aromatic carbocycles. The number of piperidine rings is 1. The summed E-state index contributed by atoms with van der Waals surface area (Å²) in [6, 6.07) is -0.298. The molecule has 5 heteroatoms. The van der Waals surface area contributed by atoms with Crippen molar-refractivity contribution in [1.82, 2.24) is 5.32 Å². The third-order valence-electron chi connectivity index (χ3n) is 2.85. The van der Waals surface area contributed by atoms with Crippen LogP contribution in [0.5, 0.6) is 0 Å². The van der Waals surface area contributed by atoms with Gasteiger partial charge in [0, 0.05) is 6.04 Å². The lowest BCUT2D eigenvalue weighted by atomic mass is 9.94.